The van der Waals surface area contributed by atoms with Gasteiger partial charge in [-0.25, -0.2) is 8.42 Å². The first-order valence-corrected chi connectivity index (χ1v) is 15.7. The summed E-state index contributed by atoms with van der Waals surface area (Å²) in [7, 11) is -4.20. The number of benzene rings is 3. The van der Waals surface area contributed by atoms with E-state index in [4.69, 9.17) is 23.2 Å². The summed E-state index contributed by atoms with van der Waals surface area (Å²) in [5, 5.41) is 3.30. The molecule has 3 aromatic carbocycles. The maximum atomic E-state index is 14.0. The van der Waals surface area contributed by atoms with Crippen LogP contribution in [-0.4, -0.2) is 43.8 Å². The van der Waals surface area contributed by atoms with Crippen LogP contribution in [0.4, 0.5) is 5.69 Å². The molecule has 214 valence electrons. The third-order valence-electron chi connectivity index (χ3n) is 6.49. The number of halogens is 3. The average Bonchev–Trinajstić information content (AvgIpc) is 2.91. The van der Waals surface area contributed by atoms with E-state index in [1.807, 2.05) is 45.0 Å². The first kappa shape index (κ1) is 31.9. The normalized spacial score (nSPS) is 12.9. The van der Waals surface area contributed by atoms with Crippen LogP contribution in [0.2, 0.25) is 10.0 Å². The highest BCUT2D eigenvalue weighted by molar-refractivity contribution is 9.10. The van der Waals surface area contributed by atoms with Crippen LogP contribution in [0.5, 0.6) is 0 Å². The second-order valence-corrected chi connectivity index (χ2v) is 13.2. The summed E-state index contributed by atoms with van der Waals surface area (Å²) in [5.74, 6) is -0.895. The van der Waals surface area contributed by atoms with Crippen LogP contribution in [-0.2, 0) is 26.2 Å². The number of rotatable bonds is 11. The number of amides is 2. The zero-order valence-corrected chi connectivity index (χ0v) is 26.6. The fourth-order valence-corrected chi connectivity index (χ4v) is 6.03. The summed E-state index contributed by atoms with van der Waals surface area (Å²) in [5.41, 5.74) is 1.83. The van der Waals surface area contributed by atoms with Gasteiger partial charge in [0.1, 0.15) is 12.6 Å². The van der Waals surface area contributed by atoms with Crippen LogP contribution in [0.1, 0.15) is 38.3 Å². The molecule has 0 fully saturated rings. The van der Waals surface area contributed by atoms with E-state index in [1.54, 1.807) is 19.1 Å². The molecule has 0 unspecified atom stereocenters. The molecule has 3 rings (SSSR count). The number of hydrogen-bond acceptors (Lipinski definition) is 4. The zero-order chi connectivity index (χ0) is 29.6. The summed E-state index contributed by atoms with van der Waals surface area (Å²) < 4.78 is 29.6. The lowest BCUT2D eigenvalue weighted by Gasteiger charge is -2.32. The van der Waals surface area contributed by atoms with Crippen LogP contribution in [0.3, 0.4) is 0 Å². The number of nitrogens with one attached hydrogen (secondary N) is 1. The Labute approximate surface area is 254 Å². The van der Waals surface area contributed by atoms with Crippen molar-refractivity contribution in [3.8, 4) is 0 Å². The van der Waals surface area contributed by atoms with Gasteiger partial charge in [0, 0.05) is 17.1 Å². The number of anilines is 1. The molecule has 0 bridgehead atoms. The van der Waals surface area contributed by atoms with E-state index in [1.165, 1.54) is 35.2 Å². The monoisotopic (exact) mass is 667 g/mol. The predicted octanol–water partition coefficient (Wildman–Crippen LogP) is 6.59. The minimum absolute atomic E-state index is 0.0121. The standard InChI is InChI=1S/C29H32BrCl2N3O4S/c1-5-20(3)33-29(37)21(4)34(17-22-7-6-8-23(30)15-22)28(36)18-35(24-11-14-26(31)27(32)16-24)40(38,39)25-12-9-19(2)10-13-25/h6-16,20-21H,5,17-18H2,1-4H3,(H,33,37)/t20-,21-/m0/s1. The highest BCUT2D eigenvalue weighted by atomic mass is 79.9. The van der Waals surface area contributed by atoms with Gasteiger partial charge >= 0.3 is 0 Å². The van der Waals surface area contributed by atoms with Crippen LogP contribution in [0.15, 0.2) is 76.1 Å². The van der Waals surface area contributed by atoms with Crippen molar-refractivity contribution < 1.29 is 18.0 Å². The molecule has 0 radical (unpaired) electrons. The molecule has 0 saturated carbocycles. The maximum Gasteiger partial charge on any atom is 0.264 e. The van der Waals surface area contributed by atoms with E-state index in [2.05, 4.69) is 21.2 Å². The number of carbonyl (C=O) groups is 2. The van der Waals surface area contributed by atoms with Gasteiger partial charge in [0.25, 0.3) is 10.0 Å². The topological polar surface area (TPSA) is 86.8 Å². The zero-order valence-electron chi connectivity index (χ0n) is 22.7. The van der Waals surface area contributed by atoms with Gasteiger partial charge in [0.2, 0.25) is 11.8 Å². The Kier molecular flexibility index (Phi) is 11.1. The summed E-state index contributed by atoms with van der Waals surface area (Å²) in [6.07, 6.45) is 0.720. The highest BCUT2D eigenvalue weighted by Crippen LogP contribution is 2.31. The molecule has 0 heterocycles. The fraction of sp³-hybridized carbons (Fsp3) is 0.310. The fourth-order valence-electron chi connectivity index (χ4n) is 3.89. The Morgan fingerprint density at radius 1 is 0.975 bits per heavy atom. The lowest BCUT2D eigenvalue weighted by atomic mass is 10.1. The Morgan fingerprint density at radius 2 is 1.65 bits per heavy atom. The maximum absolute atomic E-state index is 14.0. The largest absolute Gasteiger partial charge is 0.352 e. The van der Waals surface area contributed by atoms with Crippen molar-refractivity contribution in [3.05, 3.63) is 92.4 Å². The van der Waals surface area contributed by atoms with E-state index < -0.39 is 28.5 Å². The summed E-state index contributed by atoms with van der Waals surface area (Å²) in [6, 6.07) is 17.1. The van der Waals surface area contributed by atoms with Crippen LogP contribution >= 0.6 is 39.1 Å². The molecule has 40 heavy (non-hydrogen) atoms. The molecule has 7 nitrogen and oxygen atoms in total. The first-order chi connectivity index (χ1) is 18.8. The summed E-state index contributed by atoms with van der Waals surface area (Å²) >= 11 is 15.8. The van der Waals surface area contributed by atoms with Gasteiger partial charge in [-0.15, -0.1) is 0 Å². The van der Waals surface area contributed by atoms with Crippen molar-refractivity contribution in [1.29, 1.82) is 0 Å². The molecule has 0 aliphatic rings. The molecule has 0 aromatic heterocycles. The molecule has 0 saturated heterocycles. The smallest absolute Gasteiger partial charge is 0.264 e. The SMILES string of the molecule is CC[C@H](C)NC(=O)[C@H](C)N(Cc1cccc(Br)c1)C(=O)CN(c1ccc(Cl)c(Cl)c1)S(=O)(=O)c1ccc(C)cc1. The van der Waals surface area contributed by atoms with Gasteiger partial charge in [-0.05, 0) is 75.2 Å². The van der Waals surface area contributed by atoms with Crippen molar-refractivity contribution in [1.82, 2.24) is 10.2 Å². The van der Waals surface area contributed by atoms with Gasteiger partial charge in [-0.2, -0.15) is 0 Å². The highest BCUT2D eigenvalue weighted by Gasteiger charge is 2.33. The molecule has 0 spiro atoms. The van der Waals surface area contributed by atoms with Gasteiger partial charge < -0.3 is 10.2 Å². The Balaban J connectivity index is 2.05. The molecule has 1 N–H and O–H groups in total. The van der Waals surface area contributed by atoms with E-state index >= 15 is 0 Å². The molecule has 0 aliphatic carbocycles. The number of carbonyl (C=O) groups excluding carboxylic acids is 2. The van der Waals surface area contributed by atoms with Crippen LogP contribution in [0.25, 0.3) is 0 Å². The van der Waals surface area contributed by atoms with Gasteiger partial charge in [-0.1, -0.05) is 75.9 Å². The minimum Gasteiger partial charge on any atom is -0.352 e. The molecule has 11 heteroatoms. The Morgan fingerprint density at radius 3 is 2.25 bits per heavy atom. The molecule has 3 aromatic rings. The third kappa shape index (κ3) is 8.00. The lowest BCUT2D eigenvalue weighted by molar-refractivity contribution is -0.139. The van der Waals surface area contributed by atoms with E-state index in [9.17, 15) is 18.0 Å². The van der Waals surface area contributed by atoms with Gasteiger partial charge in [-0.3, -0.25) is 13.9 Å². The van der Waals surface area contributed by atoms with Gasteiger partial charge in [0.15, 0.2) is 0 Å². The summed E-state index contributed by atoms with van der Waals surface area (Å²) in [6.45, 7) is 6.83. The number of aryl methyl sites for hydroxylation is 1. The van der Waals surface area contributed by atoms with E-state index in [-0.39, 0.29) is 39.1 Å². The third-order valence-corrected chi connectivity index (χ3v) is 9.51. The summed E-state index contributed by atoms with van der Waals surface area (Å²) in [4.78, 5) is 28.5. The van der Waals surface area contributed by atoms with Crippen molar-refractivity contribution in [2.45, 2.75) is 57.6 Å². The molecule has 0 aliphatic heterocycles. The predicted molar refractivity (Wildman–Crippen MR) is 164 cm³/mol. The molecular weight excluding hydrogens is 637 g/mol. The van der Waals surface area contributed by atoms with Gasteiger partial charge in [0.05, 0.1) is 20.6 Å². The van der Waals surface area contributed by atoms with Crippen molar-refractivity contribution in [3.63, 3.8) is 0 Å². The average molecular weight is 669 g/mol. The van der Waals surface area contributed by atoms with E-state index in [0.29, 0.717) is 0 Å². The number of sulfonamides is 1. The number of nitrogens with zero attached hydrogens (tertiary/aromatic N) is 2. The second kappa shape index (κ2) is 13.9. The quantitative estimate of drug-likeness (QED) is 0.250. The first-order valence-electron chi connectivity index (χ1n) is 12.7. The van der Waals surface area contributed by atoms with Crippen molar-refractivity contribution in [2.75, 3.05) is 10.8 Å². The molecule has 2 amide bonds. The lowest BCUT2D eigenvalue weighted by Crippen LogP contribution is -2.52. The molecular formula is C29H32BrCl2N3O4S. The Bertz CT molecular complexity index is 1470. The molecule has 2 atom stereocenters. The Hall–Kier alpha value is -2.59. The van der Waals surface area contributed by atoms with E-state index in [0.717, 1.165) is 26.3 Å². The van der Waals surface area contributed by atoms with Crippen LogP contribution < -0.4 is 9.62 Å². The second-order valence-electron chi connectivity index (χ2n) is 9.57. The van der Waals surface area contributed by atoms with Crippen LogP contribution in [0, 0.1) is 6.92 Å². The number of hydrogen-bond donors (Lipinski definition) is 1. The minimum atomic E-state index is -4.20. The van der Waals surface area contributed by atoms with Crippen molar-refractivity contribution in [2.24, 2.45) is 0 Å². The van der Waals surface area contributed by atoms with Crippen molar-refractivity contribution >= 4 is 66.7 Å².